The molecule has 4 heteroatoms. The molecule has 0 saturated carbocycles. The molecule has 0 aliphatic rings. The molecule has 1 aromatic rings. The van der Waals surface area contributed by atoms with E-state index in [0.717, 1.165) is 12.0 Å². The van der Waals surface area contributed by atoms with E-state index in [1.807, 2.05) is 31.2 Å². The number of amides is 2. The largest absolute Gasteiger partial charge is 0.338 e. The minimum Gasteiger partial charge on any atom is -0.338 e. The number of nitrogens with one attached hydrogen (secondary N) is 2. The first-order valence-corrected chi connectivity index (χ1v) is 5.60. The molecule has 0 aromatic heterocycles. The number of benzene rings is 1. The van der Waals surface area contributed by atoms with E-state index in [0.29, 0.717) is 18.8 Å². The fraction of sp³-hybridized carbons (Fsp3) is 0.308. The van der Waals surface area contributed by atoms with Gasteiger partial charge in [0.15, 0.2) is 0 Å². The second-order valence-corrected chi connectivity index (χ2v) is 3.43. The summed E-state index contributed by atoms with van der Waals surface area (Å²) in [6.07, 6.45) is 0.905. The van der Waals surface area contributed by atoms with Crippen molar-refractivity contribution in [3.05, 3.63) is 29.8 Å². The zero-order chi connectivity index (χ0) is 12.5. The van der Waals surface area contributed by atoms with Crippen LogP contribution in [0.1, 0.15) is 18.9 Å². The van der Waals surface area contributed by atoms with Gasteiger partial charge >= 0.3 is 6.03 Å². The van der Waals surface area contributed by atoms with Gasteiger partial charge < -0.3 is 16.4 Å². The Bertz CT molecular complexity index is 432. The maximum Gasteiger partial charge on any atom is 0.319 e. The summed E-state index contributed by atoms with van der Waals surface area (Å²) in [6, 6.07) is 7.16. The summed E-state index contributed by atoms with van der Waals surface area (Å²) in [4.78, 5) is 11.5. The number of hydrogen-bond acceptors (Lipinski definition) is 2. The average molecular weight is 231 g/mol. The lowest BCUT2D eigenvalue weighted by Crippen LogP contribution is -2.29. The second-order valence-electron chi connectivity index (χ2n) is 3.43. The minimum atomic E-state index is -0.214. The second kappa shape index (κ2) is 7.31. The fourth-order valence-electron chi connectivity index (χ4n) is 1.25. The molecule has 0 aliphatic heterocycles. The molecule has 90 valence electrons. The summed E-state index contributed by atoms with van der Waals surface area (Å²) in [5.74, 6) is 5.68. The highest BCUT2D eigenvalue weighted by Gasteiger charge is 2.03. The first kappa shape index (κ1) is 13.1. The van der Waals surface area contributed by atoms with E-state index < -0.39 is 0 Å². The molecule has 0 unspecified atom stereocenters. The Morgan fingerprint density at radius 1 is 1.41 bits per heavy atom. The van der Waals surface area contributed by atoms with Crippen LogP contribution in [0.4, 0.5) is 10.5 Å². The lowest BCUT2D eigenvalue weighted by molar-refractivity contribution is 0.252. The van der Waals surface area contributed by atoms with Crippen molar-refractivity contribution in [2.24, 2.45) is 5.73 Å². The van der Waals surface area contributed by atoms with Gasteiger partial charge in [-0.25, -0.2) is 4.79 Å². The van der Waals surface area contributed by atoms with Crippen molar-refractivity contribution >= 4 is 11.7 Å². The van der Waals surface area contributed by atoms with Crippen LogP contribution in [-0.2, 0) is 0 Å². The number of carbonyl (C=O) groups is 1. The highest BCUT2D eigenvalue weighted by molar-refractivity contribution is 5.90. The summed E-state index contributed by atoms with van der Waals surface area (Å²) >= 11 is 0. The molecule has 2 amide bonds. The van der Waals surface area contributed by atoms with Crippen LogP contribution in [0.25, 0.3) is 0 Å². The van der Waals surface area contributed by atoms with Gasteiger partial charge in [-0.05, 0) is 18.6 Å². The number of anilines is 1. The van der Waals surface area contributed by atoms with E-state index in [2.05, 4.69) is 22.5 Å². The maximum absolute atomic E-state index is 11.5. The van der Waals surface area contributed by atoms with Crippen molar-refractivity contribution in [2.75, 3.05) is 18.4 Å². The number of rotatable bonds is 3. The zero-order valence-electron chi connectivity index (χ0n) is 9.92. The molecule has 4 N–H and O–H groups in total. The molecule has 0 radical (unpaired) electrons. The molecule has 0 bridgehead atoms. The highest BCUT2D eigenvalue weighted by Crippen LogP contribution is 2.13. The molecule has 0 fully saturated rings. The molecule has 0 heterocycles. The highest BCUT2D eigenvalue weighted by atomic mass is 16.2. The van der Waals surface area contributed by atoms with Crippen LogP contribution in [0, 0.1) is 11.8 Å². The Balaban J connectivity index is 2.73. The quantitative estimate of drug-likeness (QED) is 0.691. The van der Waals surface area contributed by atoms with Gasteiger partial charge in [0, 0.05) is 12.1 Å². The predicted octanol–water partition coefficient (Wildman–Crippen LogP) is 1.53. The molecule has 0 atom stereocenters. The van der Waals surface area contributed by atoms with Crippen LogP contribution in [0.3, 0.4) is 0 Å². The standard InChI is InChI=1S/C13H17N3O/c1-2-10-15-13(17)16-12-8-4-3-6-11(12)7-5-9-14/h3-4,6,8H,2,9-10,14H2,1H3,(H2,15,16,17). The number of hydrogen-bond donors (Lipinski definition) is 3. The molecule has 0 aliphatic carbocycles. The van der Waals surface area contributed by atoms with E-state index in [9.17, 15) is 4.79 Å². The van der Waals surface area contributed by atoms with Crippen molar-refractivity contribution in [3.63, 3.8) is 0 Å². The fourth-order valence-corrected chi connectivity index (χ4v) is 1.25. The Morgan fingerprint density at radius 2 is 2.18 bits per heavy atom. The molecule has 17 heavy (non-hydrogen) atoms. The van der Waals surface area contributed by atoms with E-state index >= 15 is 0 Å². The van der Waals surface area contributed by atoms with Crippen LogP contribution < -0.4 is 16.4 Å². The van der Waals surface area contributed by atoms with Crippen LogP contribution in [0.5, 0.6) is 0 Å². The molecule has 0 spiro atoms. The summed E-state index contributed by atoms with van der Waals surface area (Å²) in [6.45, 7) is 2.96. The van der Waals surface area contributed by atoms with Gasteiger partial charge in [-0.2, -0.15) is 0 Å². The van der Waals surface area contributed by atoms with E-state index in [-0.39, 0.29) is 6.03 Å². The van der Waals surface area contributed by atoms with Crippen LogP contribution in [-0.4, -0.2) is 19.1 Å². The van der Waals surface area contributed by atoms with Crippen LogP contribution in [0.2, 0.25) is 0 Å². The summed E-state index contributed by atoms with van der Waals surface area (Å²) in [5, 5.41) is 5.50. The van der Waals surface area contributed by atoms with Crippen LogP contribution >= 0.6 is 0 Å². The third kappa shape index (κ3) is 4.58. The summed E-state index contributed by atoms with van der Waals surface area (Å²) in [7, 11) is 0. The Morgan fingerprint density at radius 3 is 2.88 bits per heavy atom. The lowest BCUT2D eigenvalue weighted by atomic mass is 10.2. The van der Waals surface area contributed by atoms with Crippen molar-refractivity contribution in [1.82, 2.24) is 5.32 Å². The number of carbonyl (C=O) groups excluding carboxylic acids is 1. The smallest absolute Gasteiger partial charge is 0.319 e. The third-order valence-electron chi connectivity index (χ3n) is 2.04. The van der Waals surface area contributed by atoms with Crippen molar-refractivity contribution in [2.45, 2.75) is 13.3 Å². The molecule has 0 saturated heterocycles. The number of urea groups is 1. The average Bonchev–Trinajstić information content (AvgIpc) is 2.35. The Labute approximate surface area is 102 Å². The van der Waals surface area contributed by atoms with Gasteiger partial charge in [0.1, 0.15) is 0 Å². The Kier molecular flexibility index (Phi) is 5.62. The molecule has 4 nitrogen and oxygen atoms in total. The van der Waals surface area contributed by atoms with Gasteiger partial charge in [-0.15, -0.1) is 0 Å². The summed E-state index contributed by atoms with van der Waals surface area (Å²) in [5.41, 5.74) is 6.78. The first-order valence-electron chi connectivity index (χ1n) is 5.60. The molecular formula is C13H17N3O. The van der Waals surface area contributed by atoms with Gasteiger partial charge in [0.25, 0.3) is 0 Å². The normalized spacial score (nSPS) is 9.06. The molecule has 1 rings (SSSR count). The lowest BCUT2D eigenvalue weighted by Gasteiger charge is -2.08. The predicted molar refractivity (Wildman–Crippen MR) is 69.7 cm³/mol. The van der Waals surface area contributed by atoms with Crippen molar-refractivity contribution < 1.29 is 4.79 Å². The van der Waals surface area contributed by atoms with Crippen molar-refractivity contribution in [1.29, 1.82) is 0 Å². The monoisotopic (exact) mass is 231 g/mol. The van der Waals surface area contributed by atoms with E-state index in [4.69, 9.17) is 5.73 Å². The minimum absolute atomic E-state index is 0.214. The van der Waals surface area contributed by atoms with Gasteiger partial charge in [0.05, 0.1) is 12.2 Å². The van der Waals surface area contributed by atoms with E-state index in [1.54, 1.807) is 0 Å². The maximum atomic E-state index is 11.5. The molecule has 1 aromatic carbocycles. The van der Waals surface area contributed by atoms with Crippen molar-refractivity contribution in [3.8, 4) is 11.8 Å². The third-order valence-corrected chi connectivity index (χ3v) is 2.04. The van der Waals surface area contributed by atoms with Crippen LogP contribution in [0.15, 0.2) is 24.3 Å². The zero-order valence-corrected chi connectivity index (χ0v) is 9.92. The first-order chi connectivity index (χ1) is 8.27. The topological polar surface area (TPSA) is 67.2 Å². The summed E-state index contributed by atoms with van der Waals surface area (Å²) < 4.78 is 0. The number of nitrogens with two attached hydrogens (primary N) is 1. The number of para-hydroxylation sites is 1. The van der Waals surface area contributed by atoms with Gasteiger partial charge in [0.2, 0.25) is 0 Å². The van der Waals surface area contributed by atoms with Gasteiger partial charge in [-0.3, -0.25) is 0 Å². The SMILES string of the molecule is CCCNC(=O)Nc1ccccc1C#CCN. The molecular weight excluding hydrogens is 214 g/mol. The Hall–Kier alpha value is -1.99. The van der Waals surface area contributed by atoms with E-state index in [1.165, 1.54) is 0 Å². The van der Waals surface area contributed by atoms with Gasteiger partial charge in [-0.1, -0.05) is 30.9 Å².